The van der Waals surface area contributed by atoms with Gasteiger partial charge in [-0.1, -0.05) is 50.0 Å². The number of anilines is 2. The quantitative estimate of drug-likeness (QED) is 0.207. The van der Waals surface area contributed by atoms with Gasteiger partial charge in [-0.05, 0) is 43.4 Å². The number of benzene rings is 1. The number of fused-ring (bicyclic) bond motifs is 1. The second kappa shape index (κ2) is 13.5. The van der Waals surface area contributed by atoms with Crippen LogP contribution in [0.5, 0.6) is 5.88 Å². The van der Waals surface area contributed by atoms with Crippen LogP contribution in [-0.2, 0) is 18.4 Å². The number of nitrogens with zero attached hydrogens (tertiary/aromatic N) is 3. The van der Waals surface area contributed by atoms with Gasteiger partial charge in [0.05, 0.1) is 21.7 Å². The molecule has 4 rings (SSSR count). The van der Waals surface area contributed by atoms with E-state index in [0.29, 0.717) is 5.56 Å². The number of rotatable bonds is 9. The van der Waals surface area contributed by atoms with Gasteiger partial charge in [0.15, 0.2) is 12.3 Å². The number of hydrogen-bond donors (Lipinski definition) is 3. The van der Waals surface area contributed by atoms with Crippen LogP contribution < -0.4 is 20.7 Å². The highest BCUT2D eigenvalue weighted by Crippen LogP contribution is 2.38. The molecule has 3 aromatic rings. The van der Waals surface area contributed by atoms with E-state index >= 15 is 0 Å². The van der Waals surface area contributed by atoms with E-state index in [1.165, 1.54) is 10.6 Å². The lowest BCUT2D eigenvalue weighted by atomic mass is 9.85. The van der Waals surface area contributed by atoms with Crippen LogP contribution >= 0.6 is 23.2 Å². The van der Waals surface area contributed by atoms with Crippen molar-refractivity contribution < 1.29 is 36.3 Å². The van der Waals surface area contributed by atoms with E-state index in [1.54, 1.807) is 40.0 Å². The number of hydrogen-bond acceptors (Lipinski definition) is 6. The summed E-state index contributed by atoms with van der Waals surface area (Å²) in [4.78, 5) is 34.3. The molecule has 246 valence electrons. The topological polar surface area (TPSA) is 110 Å². The zero-order chi connectivity index (χ0) is 33.3. The van der Waals surface area contributed by atoms with Gasteiger partial charge < -0.3 is 20.7 Å². The van der Waals surface area contributed by atoms with E-state index < -0.39 is 42.5 Å². The Balaban J connectivity index is 1.61. The second-order valence-electron chi connectivity index (χ2n) is 11.9. The lowest BCUT2D eigenvalue weighted by molar-refractivity contribution is -0.182. The molecule has 1 fully saturated rings. The van der Waals surface area contributed by atoms with Crippen molar-refractivity contribution in [2.45, 2.75) is 71.6 Å². The highest BCUT2D eigenvalue weighted by atomic mass is 35.5. The molecule has 2 amide bonds. The number of ether oxygens (including phenoxy) is 1. The molecule has 1 saturated carbocycles. The largest absolute Gasteiger partial charge is 0.471 e. The smallest absolute Gasteiger partial charge is 0.391 e. The number of aryl methyl sites for hydroxylation is 1. The third-order valence-electron chi connectivity index (χ3n) is 7.45. The molecule has 0 aliphatic heterocycles. The van der Waals surface area contributed by atoms with E-state index in [4.69, 9.17) is 27.9 Å². The number of alkyl halides is 5. The summed E-state index contributed by atoms with van der Waals surface area (Å²) in [5.74, 6) is -2.55. The lowest BCUT2D eigenvalue weighted by Gasteiger charge is -2.30. The first-order valence-electron chi connectivity index (χ1n) is 14.1. The van der Waals surface area contributed by atoms with E-state index in [9.17, 15) is 31.5 Å². The fraction of sp³-hybridized carbons (Fsp3) is 0.517. The zero-order valence-electron chi connectivity index (χ0n) is 24.9. The standard InChI is InChI=1S/C29H33Cl2F5N6O3/c1-28(2,3)26(44)37-12-14-5-10-18(30)22(21(14)31)40-27-39-19-11-17(25(45-13-20(32)33)41-23(19)42(27)4)24(43)38-16-8-6-15(7-9-16)29(34,35)36/h5,10-11,15-16,20H,6-9,12-13H2,1-4H3,(H,37,44)(H,38,43)(H,39,40). The lowest BCUT2D eigenvalue weighted by Crippen LogP contribution is -2.40. The molecule has 0 saturated heterocycles. The van der Waals surface area contributed by atoms with Crippen molar-refractivity contribution in [3.05, 3.63) is 39.4 Å². The normalized spacial score (nSPS) is 17.4. The summed E-state index contributed by atoms with van der Waals surface area (Å²) in [5.41, 5.74) is 0.407. The molecule has 3 N–H and O–H groups in total. The monoisotopic (exact) mass is 678 g/mol. The molecule has 1 aliphatic carbocycles. The number of carbonyl (C=O) groups is 2. The number of amides is 2. The molecule has 0 unspecified atom stereocenters. The van der Waals surface area contributed by atoms with Crippen LogP contribution in [0, 0.1) is 11.3 Å². The first-order valence-corrected chi connectivity index (χ1v) is 14.9. The van der Waals surface area contributed by atoms with Gasteiger partial charge in [0, 0.05) is 25.0 Å². The third kappa shape index (κ3) is 8.26. The Bertz CT molecular complexity index is 1570. The maximum Gasteiger partial charge on any atom is 0.391 e. The fourth-order valence-corrected chi connectivity index (χ4v) is 5.38. The van der Waals surface area contributed by atoms with Crippen LogP contribution in [0.4, 0.5) is 33.6 Å². The number of imidazole rings is 1. The molecule has 0 radical (unpaired) electrons. The fourth-order valence-electron chi connectivity index (χ4n) is 4.85. The van der Waals surface area contributed by atoms with Crippen molar-refractivity contribution in [1.29, 1.82) is 0 Å². The number of pyridine rings is 1. The second-order valence-corrected chi connectivity index (χ2v) is 12.7. The zero-order valence-corrected chi connectivity index (χ0v) is 26.4. The Morgan fingerprint density at radius 3 is 2.36 bits per heavy atom. The summed E-state index contributed by atoms with van der Waals surface area (Å²) in [6, 6.07) is 4.03. The molecule has 2 aromatic heterocycles. The minimum absolute atomic E-state index is 0.108. The number of carbonyl (C=O) groups excluding carboxylic acids is 2. The first kappa shape index (κ1) is 34.5. The van der Waals surface area contributed by atoms with Crippen molar-refractivity contribution in [3.8, 4) is 5.88 Å². The average molecular weight is 680 g/mol. The average Bonchev–Trinajstić information content (AvgIpc) is 3.26. The summed E-state index contributed by atoms with van der Waals surface area (Å²) in [7, 11) is 1.58. The molecule has 0 atom stereocenters. The number of nitrogens with one attached hydrogen (secondary N) is 3. The van der Waals surface area contributed by atoms with Crippen molar-refractivity contribution in [2.75, 3.05) is 11.9 Å². The molecule has 1 aromatic carbocycles. The van der Waals surface area contributed by atoms with Crippen molar-refractivity contribution in [1.82, 2.24) is 25.2 Å². The maximum absolute atomic E-state index is 13.2. The summed E-state index contributed by atoms with van der Waals surface area (Å²) in [6.45, 7) is 4.43. The molecular formula is C29H33Cl2F5N6O3. The van der Waals surface area contributed by atoms with E-state index in [1.807, 2.05) is 0 Å². The van der Waals surface area contributed by atoms with Crippen LogP contribution in [-0.4, -0.2) is 51.6 Å². The third-order valence-corrected chi connectivity index (χ3v) is 8.20. The molecule has 2 heterocycles. The Morgan fingerprint density at radius 1 is 1.09 bits per heavy atom. The van der Waals surface area contributed by atoms with Gasteiger partial charge in [0.2, 0.25) is 17.7 Å². The maximum atomic E-state index is 13.2. The molecular weight excluding hydrogens is 646 g/mol. The number of aromatic nitrogens is 3. The van der Waals surface area contributed by atoms with Gasteiger partial charge >= 0.3 is 6.18 Å². The van der Waals surface area contributed by atoms with Crippen LogP contribution in [0.1, 0.15) is 62.4 Å². The molecule has 16 heteroatoms. The number of halogens is 7. The van der Waals surface area contributed by atoms with E-state index in [0.717, 1.165) is 0 Å². The Hall–Kier alpha value is -3.39. The van der Waals surface area contributed by atoms with Crippen molar-refractivity contribution in [2.24, 2.45) is 18.4 Å². The summed E-state index contributed by atoms with van der Waals surface area (Å²) in [5, 5.41) is 9.01. The highest BCUT2D eigenvalue weighted by molar-refractivity contribution is 6.39. The Kier molecular flexibility index (Phi) is 10.4. The molecule has 9 nitrogen and oxygen atoms in total. The van der Waals surface area contributed by atoms with Crippen LogP contribution in [0.15, 0.2) is 18.2 Å². The molecule has 0 spiro atoms. The van der Waals surface area contributed by atoms with Crippen LogP contribution in [0.25, 0.3) is 11.2 Å². The van der Waals surface area contributed by atoms with Gasteiger partial charge in [-0.15, -0.1) is 0 Å². The van der Waals surface area contributed by atoms with E-state index in [-0.39, 0.29) is 82.4 Å². The first-order chi connectivity index (χ1) is 21.0. The molecule has 1 aliphatic rings. The van der Waals surface area contributed by atoms with Gasteiger partial charge in [0.1, 0.15) is 11.1 Å². The summed E-state index contributed by atoms with van der Waals surface area (Å²) >= 11 is 13.1. The van der Waals surface area contributed by atoms with Gasteiger partial charge in [-0.3, -0.25) is 14.2 Å². The minimum Gasteiger partial charge on any atom is -0.471 e. The predicted molar refractivity (Wildman–Crippen MR) is 160 cm³/mol. The van der Waals surface area contributed by atoms with Gasteiger partial charge in [-0.2, -0.15) is 18.2 Å². The van der Waals surface area contributed by atoms with E-state index in [2.05, 4.69) is 25.9 Å². The molecule has 45 heavy (non-hydrogen) atoms. The molecule has 0 bridgehead atoms. The summed E-state index contributed by atoms with van der Waals surface area (Å²) in [6.07, 6.45) is -7.21. The van der Waals surface area contributed by atoms with Crippen molar-refractivity contribution >= 4 is 57.8 Å². The Labute approximate surface area is 266 Å². The van der Waals surface area contributed by atoms with Crippen LogP contribution in [0.2, 0.25) is 10.0 Å². The van der Waals surface area contributed by atoms with Gasteiger partial charge in [0.25, 0.3) is 12.3 Å². The van der Waals surface area contributed by atoms with Crippen LogP contribution in [0.3, 0.4) is 0 Å². The van der Waals surface area contributed by atoms with Gasteiger partial charge in [-0.25, -0.2) is 13.8 Å². The Morgan fingerprint density at radius 2 is 1.76 bits per heavy atom. The minimum atomic E-state index is -4.30. The highest BCUT2D eigenvalue weighted by Gasteiger charge is 2.41. The SMILES string of the molecule is Cn1c(Nc2c(Cl)ccc(CNC(=O)C(C)(C)C)c2Cl)nc2cc(C(=O)NC3CCC(C(F)(F)F)CC3)c(OCC(F)F)nc21. The van der Waals surface area contributed by atoms with Crippen molar-refractivity contribution in [3.63, 3.8) is 0 Å². The predicted octanol–water partition coefficient (Wildman–Crippen LogP) is 7.18. The summed E-state index contributed by atoms with van der Waals surface area (Å²) < 4.78 is 71.9.